The molecule has 0 amide bonds. The Morgan fingerprint density at radius 2 is 2.50 bits per heavy atom. The SMILES string of the molecule is CCN1NN=NC1C. The van der Waals surface area contributed by atoms with E-state index in [2.05, 4.69) is 22.8 Å². The highest BCUT2D eigenvalue weighted by atomic mass is 15.8. The van der Waals surface area contributed by atoms with Crippen LogP contribution < -0.4 is 5.53 Å². The van der Waals surface area contributed by atoms with Gasteiger partial charge < -0.3 is 0 Å². The molecule has 0 aromatic carbocycles. The predicted molar refractivity (Wildman–Crippen MR) is 29.8 cm³/mol. The summed E-state index contributed by atoms with van der Waals surface area (Å²) in [6.07, 6.45) is 0.208. The number of hydrogen-bond donors (Lipinski definition) is 1. The molecular weight excluding hydrogens is 104 g/mol. The maximum absolute atomic E-state index is 3.83. The molecule has 0 aromatic rings. The van der Waals surface area contributed by atoms with E-state index in [0.29, 0.717) is 0 Å². The van der Waals surface area contributed by atoms with E-state index in [1.54, 1.807) is 0 Å². The van der Waals surface area contributed by atoms with Gasteiger partial charge in [0.15, 0.2) is 0 Å². The van der Waals surface area contributed by atoms with Gasteiger partial charge >= 0.3 is 0 Å². The fourth-order valence-electron chi connectivity index (χ4n) is 0.648. The molecule has 4 nitrogen and oxygen atoms in total. The second kappa shape index (κ2) is 2.09. The second-order valence-electron chi connectivity index (χ2n) is 1.73. The summed E-state index contributed by atoms with van der Waals surface area (Å²) in [4.78, 5) is 0. The van der Waals surface area contributed by atoms with Gasteiger partial charge in [-0.05, 0) is 6.92 Å². The molecule has 1 rings (SSSR count). The largest absolute Gasteiger partial charge is 0.220 e. The predicted octanol–water partition coefficient (Wildman–Crippen LogP) is 0.540. The summed E-state index contributed by atoms with van der Waals surface area (Å²) in [6.45, 7) is 4.99. The minimum atomic E-state index is 0.208. The molecule has 1 aliphatic rings. The molecule has 4 heteroatoms. The van der Waals surface area contributed by atoms with Crippen LogP contribution >= 0.6 is 0 Å². The molecular formula is C4H10N4. The molecule has 0 aromatic heterocycles. The maximum atomic E-state index is 3.83. The number of nitrogens with one attached hydrogen (secondary N) is 1. The summed E-state index contributed by atoms with van der Waals surface area (Å²) >= 11 is 0. The average Bonchev–Trinajstić information content (AvgIpc) is 2.14. The van der Waals surface area contributed by atoms with Gasteiger partial charge in [0.2, 0.25) is 0 Å². The van der Waals surface area contributed by atoms with Crippen LogP contribution in [0.25, 0.3) is 0 Å². The van der Waals surface area contributed by atoms with E-state index in [0.717, 1.165) is 6.54 Å². The molecule has 8 heavy (non-hydrogen) atoms. The third kappa shape index (κ3) is 0.790. The van der Waals surface area contributed by atoms with Crippen LogP contribution in [-0.2, 0) is 0 Å². The second-order valence-corrected chi connectivity index (χ2v) is 1.73. The molecule has 0 aliphatic carbocycles. The van der Waals surface area contributed by atoms with Crippen LogP contribution in [0.3, 0.4) is 0 Å². The van der Waals surface area contributed by atoms with E-state index in [1.807, 2.05) is 11.9 Å². The molecule has 1 N–H and O–H groups in total. The van der Waals surface area contributed by atoms with Gasteiger partial charge in [0.25, 0.3) is 0 Å². The van der Waals surface area contributed by atoms with Gasteiger partial charge in [0.1, 0.15) is 6.17 Å². The lowest BCUT2D eigenvalue weighted by Gasteiger charge is -2.13. The lowest BCUT2D eigenvalue weighted by molar-refractivity contribution is 0.194. The zero-order valence-electron chi connectivity index (χ0n) is 5.13. The molecule has 0 bridgehead atoms. The van der Waals surface area contributed by atoms with Crippen molar-refractivity contribution in [2.45, 2.75) is 20.0 Å². The molecule has 1 aliphatic heterocycles. The van der Waals surface area contributed by atoms with E-state index in [9.17, 15) is 0 Å². The minimum absolute atomic E-state index is 0.208. The van der Waals surface area contributed by atoms with Crippen molar-refractivity contribution >= 4 is 0 Å². The maximum Gasteiger partial charge on any atom is 0.141 e. The third-order valence-electron chi connectivity index (χ3n) is 1.19. The van der Waals surface area contributed by atoms with Crippen molar-refractivity contribution in [3.63, 3.8) is 0 Å². The van der Waals surface area contributed by atoms with Crippen LogP contribution in [0, 0.1) is 0 Å². The summed E-state index contributed by atoms with van der Waals surface area (Å²) in [6, 6.07) is 0. The lowest BCUT2D eigenvalue weighted by atomic mass is 10.5. The van der Waals surface area contributed by atoms with Crippen LogP contribution in [0.15, 0.2) is 10.3 Å². The number of rotatable bonds is 1. The monoisotopic (exact) mass is 114 g/mol. The van der Waals surface area contributed by atoms with Crippen LogP contribution in [0.4, 0.5) is 0 Å². The first kappa shape index (κ1) is 5.50. The van der Waals surface area contributed by atoms with Crippen molar-refractivity contribution < 1.29 is 0 Å². The van der Waals surface area contributed by atoms with Crippen molar-refractivity contribution in [1.29, 1.82) is 0 Å². The Labute approximate surface area is 48.5 Å². The molecule has 1 unspecified atom stereocenters. The Bertz CT molecular complexity index is 100. The van der Waals surface area contributed by atoms with Gasteiger partial charge in [0.05, 0.1) is 0 Å². The van der Waals surface area contributed by atoms with E-state index in [-0.39, 0.29) is 6.17 Å². The Kier molecular flexibility index (Phi) is 1.43. The summed E-state index contributed by atoms with van der Waals surface area (Å²) in [5.74, 6) is 0. The van der Waals surface area contributed by atoms with Crippen molar-refractivity contribution in [2.24, 2.45) is 10.3 Å². The highest BCUT2D eigenvalue weighted by molar-refractivity contribution is 4.58. The van der Waals surface area contributed by atoms with Crippen LogP contribution in [-0.4, -0.2) is 17.7 Å². The lowest BCUT2D eigenvalue weighted by Crippen LogP contribution is -2.34. The van der Waals surface area contributed by atoms with Gasteiger partial charge in [-0.15, -0.1) is 5.11 Å². The fourth-order valence-corrected chi connectivity index (χ4v) is 0.648. The smallest absolute Gasteiger partial charge is 0.141 e. The van der Waals surface area contributed by atoms with Crippen molar-refractivity contribution in [2.75, 3.05) is 6.54 Å². The van der Waals surface area contributed by atoms with Gasteiger partial charge in [-0.2, -0.15) is 5.01 Å². The van der Waals surface area contributed by atoms with E-state index in [1.165, 1.54) is 0 Å². The first-order valence-electron chi connectivity index (χ1n) is 2.76. The van der Waals surface area contributed by atoms with Gasteiger partial charge in [-0.1, -0.05) is 12.1 Å². The molecule has 0 saturated carbocycles. The minimum Gasteiger partial charge on any atom is -0.220 e. The Morgan fingerprint density at radius 3 is 2.75 bits per heavy atom. The molecule has 1 atom stereocenters. The summed E-state index contributed by atoms with van der Waals surface area (Å²) in [5, 5.41) is 9.39. The number of hydrogen-bond acceptors (Lipinski definition) is 4. The average molecular weight is 114 g/mol. The summed E-state index contributed by atoms with van der Waals surface area (Å²) < 4.78 is 0. The van der Waals surface area contributed by atoms with E-state index < -0.39 is 0 Å². The first-order valence-corrected chi connectivity index (χ1v) is 2.76. The van der Waals surface area contributed by atoms with Crippen LogP contribution in [0.2, 0.25) is 0 Å². The molecule has 0 spiro atoms. The van der Waals surface area contributed by atoms with E-state index >= 15 is 0 Å². The molecule has 0 radical (unpaired) electrons. The Hall–Kier alpha value is -0.640. The Balaban J connectivity index is 2.38. The van der Waals surface area contributed by atoms with Gasteiger partial charge in [-0.3, -0.25) is 0 Å². The highest BCUT2D eigenvalue weighted by Gasteiger charge is 2.13. The summed E-state index contributed by atoms with van der Waals surface area (Å²) in [5.41, 5.74) is 2.75. The first-order chi connectivity index (χ1) is 3.84. The molecule has 0 saturated heterocycles. The molecule has 0 fully saturated rings. The highest BCUT2D eigenvalue weighted by Crippen LogP contribution is 2.01. The third-order valence-corrected chi connectivity index (χ3v) is 1.19. The normalized spacial score (nSPS) is 28.5. The van der Waals surface area contributed by atoms with Crippen LogP contribution in [0.1, 0.15) is 13.8 Å². The molecule has 46 valence electrons. The quantitative estimate of drug-likeness (QED) is 0.540. The fraction of sp³-hybridized carbons (Fsp3) is 1.00. The standard InChI is InChI=1S/C4H10N4/c1-3-8-4(2)5-6-7-8/h4H,3H2,1-2H3,(H,5,7). The zero-order valence-corrected chi connectivity index (χ0v) is 5.13. The van der Waals surface area contributed by atoms with Gasteiger partial charge in [-0.25, -0.2) is 5.53 Å². The molecule has 1 heterocycles. The number of hydrazine groups is 1. The summed E-state index contributed by atoms with van der Waals surface area (Å²) in [7, 11) is 0. The number of nitrogens with zero attached hydrogens (tertiary/aromatic N) is 3. The van der Waals surface area contributed by atoms with Crippen LogP contribution in [0.5, 0.6) is 0 Å². The Morgan fingerprint density at radius 1 is 1.75 bits per heavy atom. The van der Waals surface area contributed by atoms with Crippen molar-refractivity contribution in [3.05, 3.63) is 0 Å². The van der Waals surface area contributed by atoms with Crippen molar-refractivity contribution in [1.82, 2.24) is 10.5 Å². The van der Waals surface area contributed by atoms with Gasteiger partial charge in [0, 0.05) is 6.54 Å². The topological polar surface area (TPSA) is 40.0 Å². The van der Waals surface area contributed by atoms with E-state index in [4.69, 9.17) is 0 Å². The zero-order chi connectivity index (χ0) is 5.98. The van der Waals surface area contributed by atoms with Crippen molar-refractivity contribution in [3.8, 4) is 0 Å².